The standard InChI is InChI=1S/C22H18Cl2N2O3/c1-12-2-8-16-17(10-12)22(29)26(21(16)28)15-6-3-13(4-7-15)20(27)25-19-11-14(23)5-9-18(19)24/h2-7,9,11,16-17H,8,10H2,1H3,(H,25,27)/t16-,17+/m1/s1. The number of hydrogen-bond acceptors (Lipinski definition) is 3. The van der Waals surface area contributed by atoms with Crippen molar-refractivity contribution in [2.75, 3.05) is 10.2 Å². The molecule has 1 aliphatic carbocycles. The predicted molar refractivity (Wildman–Crippen MR) is 113 cm³/mol. The molecule has 2 atom stereocenters. The molecule has 1 aliphatic heterocycles. The molecular weight excluding hydrogens is 411 g/mol. The van der Waals surface area contributed by atoms with Crippen LogP contribution in [0.4, 0.5) is 11.4 Å². The highest BCUT2D eigenvalue weighted by atomic mass is 35.5. The molecule has 5 nitrogen and oxygen atoms in total. The molecule has 29 heavy (non-hydrogen) atoms. The summed E-state index contributed by atoms with van der Waals surface area (Å²) in [5.74, 6) is -1.30. The molecule has 0 saturated carbocycles. The highest BCUT2D eigenvalue weighted by molar-refractivity contribution is 6.36. The molecule has 7 heteroatoms. The molecule has 0 aromatic heterocycles. The van der Waals surface area contributed by atoms with Crippen LogP contribution in [0.25, 0.3) is 0 Å². The quantitative estimate of drug-likeness (QED) is 0.546. The summed E-state index contributed by atoms with van der Waals surface area (Å²) in [5.41, 5.74) is 2.40. The van der Waals surface area contributed by atoms with Crippen molar-refractivity contribution in [1.82, 2.24) is 0 Å². The van der Waals surface area contributed by atoms with Gasteiger partial charge in [-0.05, 0) is 62.2 Å². The molecule has 1 saturated heterocycles. The molecule has 1 heterocycles. The first-order valence-corrected chi connectivity index (χ1v) is 10.0. The minimum absolute atomic E-state index is 0.171. The van der Waals surface area contributed by atoms with E-state index in [4.69, 9.17) is 23.2 Å². The normalized spacial score (nSPS) is 21.1. The van der Waals surface area contributed by atoms with Crippen molar-refractivity contribution in [2.24, 2.45) is 11.8 Å². The zero-order valence-electron chi connectivity index (χ0n) is 15.6. The van der Waals surface area contributed by atoms with Crippen molar-refractivity contribution < 1.29 is 14.4 Å². The summed E-state index contributed by atoms with van der Waals surface area (Å²) < 4.78 is 0. The molecule has 0 spiro atoms. The van der Waals surface area contributed by atoms with Crippen LogP contribution >= 0.6 is 23.2 Å². The van der Waals surface area contributed by atoms with Gasteiger partial charge in [0, 0.05) is 10.6 Å². The number of anilines is 2. The second-order valence-electron chi connectivity index (χ2n) is 7.34. The van der Waals surface area contributed by atoms with Gasteiger partial charge in [-0.15, -0.1) is 0 Å². The molecule has 1 fully saturated rings. The number of carbonyl (C=O) groups excluding carboxylic acids is 3. The van der Waals surface area contributed by atoms with E-state index in [2.05, 4.69) is 5.32 Å². The van der Waals surface area contributed by atoms with Gasteiger partial charge in [-0.3, -0.25) is 19.3 Å². The van der Waals surface area contributed by atoms with Gasteiger partial charge in [0.1, 0.15) is 0 Å². The lowest BCUT2D eigenvalue weighted by Crippen LogP contribution is -2.30. The predicted octanol–water partition coefficient (Wildman–Crippen LogP) is 5.09. The second kappa shape index (κ2) is 7.65. The molecule has 2 aliphatic rings. The molecule has 2 aromatic carbocycles. The molecule has 148 valence electrons. The summed E-state index contributed by atoms with van der Waals surface area (Å²) in [4.78, 5) is 39.3. The number of allylic oxidation sites excluding steroid dienone is 2. The summed E-state index contributed by atoms with van der Waals surface area (Å²) >= 11 is 12.0. The number of amides is 3. The van der Waals surface area contributed by atoms with Crippen molar-refractivity contribution >= 4 is 52.3 Å². The second-order valence-corrected chi connectivity index (χ2v) is 8.18. The van der Waals surface area contributed by atoms with Gasteiger partial charge < -0.3 is 5.32 Å². The van der Waals surface area contributed by atoms with Crippen molar-refractivity contribution in [3.05, 3.63) is 69.7 Å². The Hall–Kier alpha value is -2.63. The van der Waals surface area contributed by atoms with E-state index in [9.17, 15) is 14.4 Å². The first-order valence-electron chi connectivity index (χ1n) is 9.25. The van der Waals surface area contributed by atoms with E-state index in [1.54, 1.807) is 42.5 Å². The maximum absolute atomic E-state index is 12.8. The van der Waals surface area contributed by atoms with E-state index < -0.39 is 0 Å². The van der Waals surface area contributed by atoms with E-state index in [0.29, 0.717) is 39.8 Å². The Kier molecular flexibility index (Phi) is 5.19. The van der Waals surface area contributed by atoms with Gasteiger partial charge in [0.25, 0.3) is 5.91 Å². The summed E-state index contributed by atoms with van der Waals surface area (Å²) in [7, 11) is 0. The number of imide groups is 1. The van der Waals surface area contributed by atoms with Crippen LogP contribution in [0.3, 0.4) is 0 Å². The zero-order valence-corrected chi connectivity index (χ0v) is 17.1. The lowest BCUT2D eigenvalue weighted by atomic mass is 9.82. The molecule has 1 N–H and O–H groups in total. The minimum atomic E-state index is -0.367. The lowest BCUT2D eigenvalue weighted by molar-refractivity contribution is -0.122. The number of rotatable bonds is 3. The highest BCUT2D eigenvalue weighted by Crippen LogP contribution is 2.39. The molecule has 4 rings (SSSR count). The Labute approximate surface area is 178 Å². The Morgan fingerprint density at radius 2 is 1.72 bits per heavy atom. The first-order chi connectivity index (χ1) is 13.8. The van der Waals surface area contributed by atoms with Gasteiger partial charge in [0.2, 0.25) is 11.8 Å². The Morgan fingerprint density at radius 1 is 1.03 bits per heavy atom. The highest BCUT2D eigenvalue weighted by Gasteiger charge is 2.48. The maximum atomic E-state index is 12.8. The average molecular weight is 429 g/mol. The molecule has 0 unspecified atom stereocenters. The van der Waals surface area contributed by atoms with Gasteiger partial charge in [-0.2, -0.15) is 0 Å². The Morgan fingerprint density at radius 3 is 2.45 bits per heavy atom. The van der Waals surface area contributed by atoms with Gasteiger partial charge >= 0.3 is 0 Å². The van der Waals surface area contributed by atoms with Crippen molar-refractivity contribution in [1.29, 1.82) is 0 Å². The van der Waals surface area contributed by atoms with Crippen LogP contribution in [0.1, 0.15) is 30.1 Å². The number of fused-ring (bicyclic) bond motifs is 1. The number of nitrogens with one attached hydrogen (secondary N) is 1. The van der Waals surface area contributed by atoms with E-state index >= 15 is 0 Å². The SMILES string of the molecule is CC1=CC[C@H]2C(=O)N(c3ccc(C(=O)Nc4cc(Cl)ccc4Cl)cc3)C(=O)[C@H]2C1. The van der Waals surface area contributed by atoms with Crippen LogP contribution in [0.5, 0.6) is 0 Å². The van der Waals surface area contributed by atoms with Crippen LogP contribution < -0.4 is 10.2 Å². The fourth-order valence-electron chi connectivity index (χ4n) is 3.84. The van der Waals surface area contributed by atoms with Crippen molar-refractivity contribution in [3.8, 4) is 0 Å². The summed E-state index contributed by atoms with van der Waals surface area (Å²) in [6, 6.07) is 11.2. The van der Waals surface area contributed by atoms with Crippen LogP contribution in [-0.4, -0.2) is 17.7 Å². The minimum Gasteiger partial charge on any atom is -0.321 e. The fraction of sp³-hybridized carbons (Fsp3) is 0.227. The third-order valence-corrected chi connectivity index (χ3v) is 5.95. The summed E-state index contributed by atoms with van der Waals surface area (Å²) in [6.07, 6.45) is 3.25. The van der Waals surface area contributed by atoms with Crippen molar-refractivity contribution in [2.45, 2.75) is 19.8 Å². The third kappa shape index (κ3) is 3.68. The largest absolute Gasteiger partial charge is 0.321 e. The summed E-state index contributed by atoms with van der Waals surface area (Å²) in [6.45, 7) is 1.98. The van der Waals surface area contributed by atoms with Gasteiger partial charge in [0.05, 0.1) is 28.2 Å². The van der Waals surface area contributed by atoms with Crippen LogP contribution in [0.15, 0.2) is 54.1 Å². The molecule has 0 bridgehead atoms. The number of benzene rings is 2. The number of hydrogen-bond donors (Lipinski definition) is 1. The third-order valence-electron chi connectivity index (χ3n) is 5.39. The maximum Gasteiger partial charge on any atom is 0.255 e. The van der Waals surface area contributed by atoms with E-state index in [-0.39, 0.29) is 29.6 Å². The molecule has 0 radical (unpaired) electrons. The Balaban J connectivity index is 1.52. The topological polar surface area (TPSA) is 66.5 Å². The van der Waals surface area contributed by atoms with E-state index in [1.165, 1.54) is 4.90 Å². The molecule has 3 amide bonds. The Bertz CT molecular complexity index is 1050. The molecular formula is C22H18Cl2N2O3. The van der Waals surface area contributed by atoms with E-state index in [0.717, 1.165) is 5.57 Å². The average Bonchev–Trinajstić information content (AvgIpc) is 2.94. The number of carbonyl (C=O) groups is 3. The smallest absolute Gasteiger partial charge is 0.255 e. The van der Waals surface area contributed by atoms with Crippen LogP contribution in [0.2, 0.25) is 10.0 Å². The lowest BCUT2D eigenvalue weighted by Gasteiger charge is -2.18. The van der Waals surface area contributed by atoms with Gasteiger partial charge in [-0.25, -0.2) is 0 Å². The van der Waals surface area contributed by atoms with Gasteiger partial charge in [-0.1, -0.05) is 34.9 Å². The monoisotopic (exact) mass is 428 g/mol. The fourth-order valence-corrected chi connectivity index (χ4v) is 4.18. The number of halogens is 2. The van der Waals surface area contributed by atoms with Gasteiger partial charge in [0.15, 0.2) is 0 Å². The van der Waals surface area contributed by atoms with Crippen LogP contribution in [-0.2, 0) is 9.59 Å². The van der Waals surface area contributed by atoms with E-state index in [1.807, 2.05) is 13.0 Å². The number of nitrogens with zero attached hydrogens (tertiary/aromatic N) is 1. The first kappa shape index (κ1) is 19.7. The summed E-state index contributed by atoms with van der Waals surface area (Å²) in [5, 5.41) is 3.54. The van der Waals surface area contributed by atoms with Crippen LogP contribution in [0, 0.1) is 11.8 Å². The van der Waals surface area contributed by atoms with Crippen molar-refractivity contribution in [3.63, 3.8) is 0 Å². The molecule has 2 aromatic rings. The zero-order chi connectivity index (χ0) is 20.7.